The van der Waals surface area contributed by atoms with Crippen molar-refractivity contribution in [2.24, 2.45) is 5.84 Å². The highest BCUT2D eigenvalue weighted by atomic mass is 35.5. The first kappa shape index (κ1) is 11.7. The molecule has 0 bridgehead atoms. The van der Waals surface area contributed by atoms with Crippen LogP contribution in [0.15, 0.2) is 12.3 Å². The molecule has 5 nitrogen and oxygen atoms in total. The largest absolute Gasteiger partial charge is 0.342 e. The molecule has 0 radical (unpaired) electrons. The summed E-state index contributed by atoms with van der Waals surface area (Å²) in [7, 11) is 1.71. The molecule has 0 aliphatic carbocycles. The molecule has 0 aliphatic heterocycles. The van der Waals surface area contributed by atoms with Gasteiger partial charge in [-0.25, -0.2) is 10.8 Å². The van der Waals surface area contributed by atoms with E-state index >= 15 is 0 Å². The van der Waals surface area contributed by atoms with Gasteiger partial charge in [0.25, 0.3) is 5.91 Å². The molecule has 3 N–H and O–H groups in total. The summed E-state index contributed by atoms with van der Waals surface area (Å²) < 4.78 is 0. The van der Waals surface area contributed by atoms with Crippen LogP contribution in [-0.2, 0) is 0 Å². The van der Waals surface area contributed by atoms with E-state index in [0.29, 0.717) is 22.9 Å². The van der Waals surface area contributed by atoms with Crippen LogP contribution in [-0.4, -0.2) is 29.4 Å². The highest BCUT2D eigenvalue weighted by Gasteiger charge is 2.12. The smallest absolute Gasteiger partial charge is 0.255 e. The Morgan fingerprint density at radius 1 is 1.73 bits per heavy atom. The van der Waals surface area contributed by atoms with Crippen LogP contribution in [0.2, 0.25) is 5.02 Å². The van der Waals surface area contributed by atoms with E-state index in [1.165, 1.54) is 12.3 Å². The van der Waals surface area contributed by atoms with Crippen molar-refractivity contribution in [3.8, 4) is 0 Å². The maximum atomic E-state index is 11.7. The van der Waals surface area contributed by atoms with Crippen LogP contribution in [0, 0.1) is 0 Å². The van der Waals surface area contributed by atoms with E-state index in [2.05, 4.69) is 10.4 Å². The zero-order chi connectivity index (χ0) is 11.4. The molecule has 0 aliphatic rings. The summed E-state index contributed by atoms with van der Waals surface area (Å²) in [6.07, 6.45) is 1.44. The molecule has 0 fully saturated rings. The Labute approximate surface area is 93.2 Å². The predicted octanol–water partition coefficient (Wildman–Crippen LogP) is 1.11. The van der Waals surface area contributed by atoms with Gasteiger partial charge >= 0.3 is 0 Å². The van der Waals surface area contributed by atoms with Crippen molar-refractivity contribution in [3.63, 3.8) is 0 Å². The summed E-state index contributed by atoms with van der Waals surface area (Å²) in [6, 6.07) is 1.54. The van der Waals surface area contributed by atoms with Gasteiger partial charge in [-0.05, 0) is 13.0 Å². The van der Waals surface area contributed by atoms with Gasteiger partial charge in [-0.2, -0.15) is 0 Å². The van der Waals surface area contributed by atoms with E-state index in [1.807, 2.05) is 6.92 Å². The quantitative estimate of drug-likeness (QED) is 0.601. The Morgan fingerprint density at radius 3 is 2.87 bits per heavy atom. The number of pyridine rings is 1. The molecule has 0 aromatic carbocycles. The van der Waals surface area contributed by atoms with Gasteiger partial charge in [0.05, 0.1) is 10.6 Å². The maximum Gasteiger partial charge on any atom is 0.255 e. The summed E-state index contributed by atoms with van der Waals surface area (Å²) in [5.74, 6) is 5.41. The Morgan fingerprint density at radius 2 is 2.40 bits per heavy atom. The van der Waals surface area contributed by atoms with Crippen LogP contribution >= 0.6 is 11.6 Å². The third kappa shape index (κ3) is 2.57. The first-order valence-corrected chi connectivity index (χ1v) is 4.85. The second kappa shape index (κ2) is 4.95. The van der Waals surface area contributed by atoms with E-state index in [4.69, 9.17) is 17.4 Å². The molecular weight excluding hydrogens is 216 g/mol. The lowest BCUT2D eigenvalue weighted by Crippen LogP contribution is -2.26. The molecule has 1 rings (SSSR count). The first-order chi connectivity index (χ1) is 7.10. The predicted molar refractivity (Wildman–Crippen MR) is 59.7 cm³/mol. The number of nitrogens with one attached hydrogen (secondary N) is 1. The average Bonchev–Trinajstić information content (AvgIpc) is 2.26. The second-order valence-corrected chi connectivity index (χ2v) is 3.43. The van der Waals surface area contributed by atoms with Crippen molar-refractivity contribution in [2.45, 2.75) is 6.92 Å². The Kier molecular flexibility index (Phi) is 3.88. The van der Waals surface area contributed by atoms with E-state index < -0.39 is 0 Å². The fraction of sp³-hybridized carbons (Fsp3) is 0.333. The lowest BCUT2D eigenvalue weighted by molar-refractivity contribution is 0.0802. The number of halogens is 1. The zero-order valence-electron chi connectivity index (χ0n) is 8.62. The van der Waals surface area contributed by atoms with E-state index in [9.17, 15) is 4.79 Å². The van der Waals surface area contributed by atoms with Crippen molar-refractivity contribution in [1.82, 2.24) is 9.88 Å². The number of nitrogens with two attached hydrogens (primary N) is 1. The molecule has 82 valence electrons. The normalized spacial score (nSPS) is 9.87. The van der Waals surface area contributed by atoms with E-state index in [1.54, 1.807) is 11.9 Å². The summed E-state index contributed by atoms with van der Waals surface area (Å²) >= 11 is 5.85. The Hall–Kier alpha value is -1.33. The zero-order valence-corrected chi connectivity index (χ0v) is 9.38. The van der Waals surface area contributed by atoms with E-state index in [-0.39, 0.29) is 5.91 Å². The molecule has 1 aromatic heterocycles. The number of nitrogen functional groups attached to an aromatic ring is 1. The lowest BCUT2D eigenvalue weighted by Gasteiger charge is -2.14. The van der Waals surface area contributed by atoms with Gasteiger partial charge < -0.3 is 10.3 Å². The Bertz CT molecular complexity index is 369. The van der Waals surface area contributed by atoms with Crippen molar-refractivity contribution < 1.29 is 4.79 Å². The third-order valence-electron chi connectivity index (χ3n) is 2.05. The number of rotatable bonds is 3. The molecule has 1 aromatic rings. The van der Waals surface area contributed by atoms with Gasteiger partial charge in [-0.1, -0.05) is 11.6 Å². The molecule has 0 unspecified atom stereocenters. The van der Waals surface area contributed by atoms with Gasteiger partial charge in [0.1, 0.15) is 0 Å². The lowest BCUT2D eigenvalue weighted by atomic mass is 10.2. The number of anilines is 1. The van der Waals surface area contributed by atoms with Gasteiger partial charge in [-0.15, -0.1) is 0 Å². The van der Waals surface area contributed by atoms with Crippen LogP contribution in [0.1, 0.15) is 17.3 Å². The fourth-order valence-corrected chi connectivity index (χ4v) is 1.25. The highest BCUT2D eigenvalue weighted by Crippen LogP contribution is 2.19. The number of carbonyl (C=O) groups is 1. The monoisotopic (exact) mass is 228 g/mol. The fourth-order valence-electron chi connectivity index (χ4n) is 1.03. The molecule has 15 heavy (non-hydrogen) atoms. The van der Waals surface area contributed by atoms with Gasteiger partial charge in [0, 0.05) is 19.8 Å². The van der Waals surface area contributed by atoms with Crippen LogP contribution < -0.4 is 11.3 Å². The van der Waals surface area contributed by atoms with Gasteiger partial charge in [0.15, 0.2) is 5.82 Å². The summed E-state index contributed by atoms with van der Waals surface area (Å²) in [4.78, 5) is 17.2. The maximum absolute atomic E-state index is 11.7. The van der Waals surface area contributed by atoms with Crippen molar-refractivity contribution in [2.75, 3.05) is 19.0 Å². The van der Waals surface area contributed by atoms with Crippen molar-refractivity contribution >= 4 is 23.3 Å². The highest BCUT2D eigenvalue weighted by molar-refractivity contribution is 6.33. The molecular formula is C9H13ClN4O. The number of hydrazine groups is 1. The summed E-state index contributed by atoms with van der Waals surface area (Å²) in [5, 5.41) is 0.327. The van der Waals surface area contributed by atoms with Crippen LogP contribution in [0.5, 0.6) is 0 Å². The summed E-state index contributed by atoms with van der Waals surface area (Å²) in [5.41, 5.74) is 2.78. The Balaban J connectivity index is 2.97. The number of amides is 1. The van der Waals surface area contributed by atoms with Crippen molar-refractivity contribution in [3.05, 3.63) is 22.8 Å². The first-order valence-electron chi connectivity index (χ1n) is 4.47. The average molecular weight is 229 g/mol. The molecule has 1 heterocycles. The number of hydrogen-bond acceptors (Lipinski definition) is 4. The van der Waals surface area contributed by atoms with Crippen LogP contribution in [0.25, 0.3) is 0 Å². The topological polar surface area (TPSA) is 71.2 Å². The third-order valence-corrected chi connectivity index (χ3v) is 2.33. The van der Waals surface area contributed by atoms with Crippen LogP contribution in [0.3, 0.4) is 0 Å². The van der Waals surface area contributed by atoms with Gasteiger partial charge in [0.2, 0.25) is 0 Å². The van der Waals surface area contributed by atoms with Crippen molar-refractivity contribution in [1.29, 1.82) is 0 Å². The summed E-state index contributed by atoms with van der Waals surface area (Å²) in [6.45, 7) is 2.52. The standard InChI is InChI=1S/C9H13ClN4O/c1-3-14(2)9(15)6-4-7(10)8(13-11)12-5-6/h4-5H,3,11H2,1-2H3,(H,12,13). The number of hydrogen-bond donors (Lipinski definition) is 2. The van der Waals surface area contributed by atoms with Crippen LogP contribution in [0.4, 0.5) is 5.82 Å². The van der Waals surface area contributed by atoms with E-state index in [0.717, 1.165) is 0 Å². The number of nitrogens with zero attached hydrogens (tertiary/aromatic N) is 2. The molecule has 0 atom stereocenters. The van der Waals surface area contributed by atoms with Gasteiger partial charge in [-0.3, -0.25) is 4.79 Å². The molecule has 1 amide bonds. The molecule has 0 saturated heterocycles. The SMILES string of the molecule is CCN(C)C(=O)c1cnc(NN)c(Cl)c1. The second-order valence-electron chi connectivity index (χ2n) is 3.02. The molecule has 0 spiro atoms. The number of carbonyl (C=O) groups excluding carboxylic acids is 1. The minimum atomic E-state index is -0.115. The number of aromatic nitrogens is 1. The minimum Gasteiger partial charge on any atom is -0.342 e. The minimum absolute atomic E-state index is 0.115. The molecule has 6 heteroatoms. The molecule has 0 saturated carbocycles.